The Morgan fingerprint density at radius 1 is 0.667 bits per heavy atom. The second-order valence-electron chi connectivity index (χ2n) is 6.13. The van der Waals surface area contributed by atoms with Crippen LogP contribution >= 0.6 is 0 Å². The lowest BCUT2D eigenvalue weighted by Crippen LogP contribution is -2.36. The number of nitrogens with one attached hydrogen (secondary N) is 3. The fourth-order valence-corrected chi connectivity index (χ4v) is 2.60. The number of carbonyl (C=O) groups is 2. The minimum atomic E-state index is -0.693. The molecular formula is C22H21N3O2. The van der Waals surface area contributed by atoms with E-state index in [1.807, 2.05) is 79.7 Å². The van der Waals surface area contributed by atoms with E-state index < -0.39 is 11.8 Å². The number of benzene rings is 3. The zero-order valence-electron chi connectivity index (χ0n) is 15.0. The minimum absolute atomic E-state index is 0.248. The second kappa shape index (κ2) is 8.67. The summed E-state index contributed by atoms with van der Waals surface area (Å²) in [6.45, 7) is 1.84. The summed E-state index contributed by atoms with van der Waals surface area (Å²) in [5, 5.41) is 8.57. The molecule has 0 saturated heterocycles. The third-order valence-corrected chi connectivity index (χ3v) is 4.06. The van der Waals surface area contributed by atoms with Gasteiger partial charge in [0.25, 0.3) is 0 Å². The highest BCUT2D eigenvalue weighted by atomic mass is 16.2. The van der Waals surface area contributed by atoms with Crippen molar-refractivity contribution in [2.75, 3.05) is 10.6 Å². The lowest BCUT2D eigenvalue weighted by Gasteiger charge is -2.14. The first-order valence-corrected chi connectivity index (χ1v) is 8.71. The van der Waals surface area contributed by atoms with Crippen molar-refractivity contribution < 1.29 is 9.59 Å². The van der Waals surface area contributed by atoms with Gasteiger partial charge in [-0.25, -0.2) is 0 Å². The fraction of sp³-hybridized carbons (Fsp3) is 0.0909. The summed E-state index contributed by atoms with van der Waals surface area (Å²) in [5.74, 6) is -1.36. The van der Waals surface area contributed by atoms with E-state index in [1.165, 1.54) is 0 Å². The molecule has 27 heavy (non-hydrogen) atoms. The molecule has 3 N–H and O–H groups in total. The predicted octanol–water partition coefficient (Wildman–Crippen LogP) is 4.25. The Bertz CT molecular complexity index is 894. The summed E-state index contributed by atoms with van der Waals surface area (Å²) in [6, 6.07) is 26.2. The van der Waals surface area contributed by atoms with Gasteiger partial charge >= 0.3 is 11.8 Å². The summed E-state index contributed by atoms with van der Waals surface area (Å²) in [6.07, 6.45) is 0. The molecule has 1 unspecified atom stereocenters. The van der Waals surface area contributed by atoms with Gasteiger partial charge in [0.2, 0.25) is 0 Å². The quantitative estimate of drug-likeness (QED) is 0.597. The van der Waals surface area contributed by atoms with E-state index in [1.54, 1.807) is 12.1 Å². The normalized spacial score (nSPS) is 11.3. The van der Waals surface area contributed by atoms with Gasteiger partial charge in [0.1, 0.15) is 0 Å². The molecule has 0 bridgehead atoms. The van der Waals surface area contributed by atoms with Crippen LogP contribution in [-0.2, 0) is 9.59 Å². The summed E-state index contributed by atoms with van der Waals surface area (Å²) < 4.78 is 0. The van der Waals surface area contributed by atoms with Crippen molar-refractivity contribution in [1.82, 2.24) is 5.32 Å². The third kappa shape index (κ3) is 5.19. The maximum atomic E-state index is 12.1. The van der Waals surface area contributed by atoms with Crippen LogP contribution in [0.3, 0.4) is 0 Å². The van der Waals surface area contributed by atoms with E-state index in [0.717, 1.165) is 16.9 Å². The van der Waals surface area contributed by atoms with Gasteiger partial charge in [-0.15, -0.1) is 0 Å². The van der Waals surface area contributed by atoms with Crippen molar-refractivity contribution in [2.24, 2.45) is 0 Å². The molecular weight excluding hydrogens is 338 g/mol. The zero-order chi connectivity index (χ0) is 19.1. The molecule has 0 aliphatic rings. The Morgan fingerprint density at radius 2 is 1.19 bits per heavy atom. The highest BCUT2D eigenvalue weighted by Gasteiger charge is 2.17. The fourth-order valence-electron chi connectivity index (χ4n) is 2.60. The average molecular weight is 359 g/mol. The van der Waals surface area contributed by atoms with E-state index in [0.29, 0.717) is 5.69 Å². The van der Waals surface area contributed by atoms with Crippen LogP contribution < -0.4 is 16.0 Å². The van der Waals surface area contributed by atoms with Crippen molar-refractivity contribution in [3.05, 3.63) is 90.5 Å². The summed E-state index contributed by atoms with van der Waals surface area (Å²) >= 11 is 0. The maximum absolute atomic E-state index is 12.1. The van der Waals surface area contributed by atoms with Crippen LogP contribution in [0.2, 0.25) is 0 Å². The highest BCUT2D eigenvalue weighted by molar-refractivity contribution is 6.39. The molecule has 0 aliphatic heterocycles. The van der Waals surface area contributed by atoms with E-state index in [-0.39, 0.29) is 6.04 Å². The Balaban J connectivity index is 1.55. The second-order valence-corrected chi connectivity index (χ2v) is 6.13. The molecule has 0 aromatic heterocycles. The Labute approximate surface area is 158 Å². The van der Waals surface area contributed by atoms with Gasteiger partial charge in [-0.05, 0) is 48.9 Å². The number of rotatable bonds is 5. The number of amides is 2. The molecule has 1 atom stereocenters. The first-order valence-electron chi connectivity index (χ1n) is 8.71. The number of carbonyl (C=O) groups excluding carboxylic acids is 2. The van der Waals surface area contributed by atoms with Crippen LogP contribution in [0.5, 0.6) is 0 Å². The molecule has 0 radical (unpaired) electrons. The summed E-state index contributed by atoms with van der Waals surface area (Å²) in [7, 11) is 0. The van der Waals surface area contributed by atoms with E-state index in [2.05, 4.69) is 16.0 Å². The van der Waals surface area contributed by atoms with E-state index in [4.69, 9.17) is 0 Å². The maximum Gasteiger partial charge on any atom is 0.313 e. The van der Waals surface area contributed by atoms with Gasteiger partial charge in [0.05, 0.1) is 6.04 Å². The van der Waals surface area contributed by atoms with Crippen molar-refractivity contribution in [2.45, 2.75) is 13.0 Å². The van der Waals surface area contributed by atoms with Crippen molar-refractivity contribution in [3.63, 3.8) is 0 Å². The van der Waals surface area contributed by atoms with E-state index in [9.17, 15) is 9.59 Å². The Kier molecular flexibility index (Phi) is 5.84. The lowest BCUT2D eigenvalue weighted by atomic mass is 10.1. The first-order chi connectivity index (χ1) is 13.1. The number of hydrogen-bond donors (Lipinski definition) is 3. The Morgan fingerprint density at radius 3 is 1.81 bits per heavy atom. The molecule has 136 valence electrons. The smallest absolute Gasteiger partial charge is 0.313 e. The monoisotopic (exact) mass is 359 g/mol. The largest absolute Gasteiger partial charge is 0.356 e. The van der Waals surface area contributed by atoms with Crippen LogP contribution in [-0.4, -0.2) is 11.8 Å². The molecule has 0 fully saturated rings. The van der Waals surface area contributed by atoms with Crippen LogP contribution in [0.25, 0.3) is 0 Å². The standard InChI is InChI=1S/C22H21N3O2/c1-16(17-8-4-2-5-9-17)23-21(26)22(27)25-20-14-12-19(13-15-20)24-18-10-6-3-7-11-18/h2-16,24H,1H3,(H,23,26)(H,25,27). The van der Waals surface area contributed by atoms with Crippen LogP contribution in [0.15, 0.2) is 84.9 Å². The molecule has 3 aromatic carbocycles. The van der Waals surface area contributed by atoms with Crippen LogP contribution in [0.1, 0.15) is 18.5 Å². The zero-order valence-corrected chi connectivity index (χ0v) is 15.0. The summed E-state index contributed by atoms with van der Waals surface area (Å²) in [4.78, 5) is 24.2. The molecule has 0 heterocycles. The van der Waals surface area contributed by atoms with E-state index >= 15 is 0 Å². The molecule has 3 rings (SSSR count). The Hall–Kier alpha value is -3.60. The molecule has 0 spiro atoms. The molecule has 5 heteroatoms. The van der Waals surface area contributed by atoms with Gasteiger partial charge in [0, 0.05) is 17.1 Å². The average Bonchev–Trinajstić information content (AvgIpc) is 2.71. The van der Waals surface area contributed by atoms with Crippen molar-refractivity contribution in [1.29, 1.82) is 0 Å². The lowest BCUT2D eigenvalue weighted by molar-refractivity contribution is -0.136. The number of hydrogen-bond acceptors (Lipinski definition) is 3. The topological polar surface area (TPSA) is 70.2 Å². The van der Waals surface area contributed by atoms with Crippen molar-refractivity contribution in [3.8, 4) is 0 Å². The predicted molar refractivity (Wildman–Crippen MR) is 108 cm³/mol. The molecule has 0 saturated carbocycles. The van der Waals surface area contributed by atoms with Crippen LogP contribution in [0.4, 0.5) is 17.1 Å². The third-order valence-electron chi connectivity index (χ3n) is 4.06. The van der Waals surface area contributed by atoms with Gasteiger partial charge in [-0.2, -0.15) is 0 Å². The summed E-state index contributed by atoms with van der Waals surface area (Å²) in [5.41, 5.74) is 3.36. The van der Waals surface area contributed by atoms with Gasteiger partial charge in [-0.3, -0.25) is 9.59 Å². The van der Waals surface area contributed by atoms with Gasteiger partial charge in [-0.1, -0.05) is 48.5 Å². The molecule has 5 nitrogen and oxygen atoms in total. The number of para-hydroxylation sites is 1. The minimum Gasteiger partial charge on any atom is -0.356 e. The highest BCUT2D eigenvalue weighted by Crippen LogP contribution is 2.18. The number of anilines is 3. The first kappa shape index (κ1) is 18.2. The van der Waals surface area contributed by atoms with Gasteiger partial charge in [0.15, 0.2) is 0 Å². The van der Waals surface area contributed by atoms with Crippen molar-refractivity contribution >= 4 is 28.9 Å². The SMILES string of the molecule is CC(NC(=O)C(=O)Nc1ccc(Nc2ccccc2)cc1)c1ccccc1. The molecule has 3 aromatic rings. The molecule has 0 aliphatic carbocycles. The van der Waals surface area contributed by atoms with Gasteiger partial charge < -0.3 is 16.0 Å². The molecule has 2 amide bonds. The van der Waals surface area contributed by atoms with Crippen LogP contribution in [0, 0.1) is 0 Å².